The van der Waals surface area contributed by atoms with Crippen LogP contribution in [0, 0.1) is 10.1 Å². The zero-order chi connectivity index (χ0) is 28.6. The third kappa shape index (κ3) is 4.91. The second kappa shape index (κ2) is 11.1. The van der Waals surface area contributed by atoms with Gasteiger partial charge in [-0.05, 0) is 56.7 Å². The molecule has 2 aromatic carbocycles. The molecule has 9 nitrogen and oxygen atoms in total. The number of hydrogen-bond acceptors (Lipinski definition) is 7. The summed E-state index contributed by atoms with van der Waals surface area (Å²) in [7, 11) is 0. The van der Waals surface area contributed by atoms with E-state index in [4.69, 9.17) is 16.0 Å². The minimum atomic E-state index is -0.692. The molecule has 2 aromatic heterocycles. The average Bonchev–Trinajstić information content (AvgIpc) is 3.53. The van der Waals surface area contributed by atoms with E-state index in [1.54, 1.807) is 60.4 Å². The molecule has 0 unspecified atom stereocenters. The zero-order valence-corrected chi connectivity index (χ0v) is 23.5. The van der Waals surface area contributed by atoms with Crippen molar-refractivity contribution in [1.82, 2.24) is 9.47 Å². The number of furan rings is 1. The topological polar surface area (TPSA) is 111 Å². The number of benzene rings is 2. The van der Waals surface area contributed by atoms with Gasteiger partial charge in [0.2, 0.25) is 0 Å². The van der Waals surface area contributed by atoms with E-state index >= 15 is 0 Å². The monoisotopic (exact) mass is 576 g/mol. The molecule has 0 radical (unpaired) electrons. The number of fused-ring (bicyclic) bond motifs is 1. The second-order valence-corrected chi connectivity index (χ2v) is 10.5. The Bertz CT molecular complexity index is 1830. The molecule has 1 aliphatic heterocycles. The number of allylic oxidation sites excluding steroid dienone is 1. The summed E-state index contributed by atoms with van der Waals surface area (Å²) in [5.41, 5.74) is 1.64. The first-order valence-electron chi connectivity index (χ1n) is 12.6. The summed E-state index contributed by atoms with van der Waals surface area (Å²) in [4.78, 5) is 45.3. The standard InChI is InChI=1S/C29H25ClN4O5S/c1-4-32(5-2)28(36)25-17(3)31-29-33(26(25)18-10-12-19(30)13-11-18)27(35)24(40-29)16-20-14-15-23(39-20)21-8-6-7-9-22(21)34(37)38/h6-16,26H,4-5H2,1-3H3/b24-16+/t26-/m1/s1. The minimum absolute atomic E-state index is 0.0772. The summed E-state index contributed by atoms with van der Waals surface area (Å²) >= 11 is 7.33. The number of carbonyl (C=O) groups excluding carboxylic acids is 1. The van der Waals surface area contributed by atoms with Crippen LogP contribution >= 0.6 is 22.9 Å². The number of hydrogen-bond donors (Lipinski definition) is 0. The van der Waals surface area contributed by atoms with Crippen LogP contribution in [0.15, 0.2) is 86.1 Å². The first-order chi connectivity index (χ1) is 19.2. The molecular weight excluding hydrogens is 552 g/mol. The number of carbonyl (C=O) groups is 1. The third-order valence-electron chi connectivity index (χ3n) is 6.75. The van der Waals surface area contributed by atoms with E-state index in [0.29, 0.717) is 55.8 Å². The lowest BCUT2D eigenvalue weighted by molar-refractivity contribution is -0.384. The van der Waals surface area contributed by atoms with E-state index in [-0.39, 0.29) is 17.2 Å². The van der Waals surface area contributed by atoms with Gasteiger partial charge in [0, 0.05) is 30.3 Å². The van der Waals surface area contributed by atoms with E-state index in [9.17, 15) is 19.7 Å². The molecular formula is C29H25ClN4O5S. The second-order valence-electron chi connectivity index (χ2n) is 9.09. The van der Waals surface area contributed by atoms with Crippen LogP contribution in [-0.2, 0) is 4.79 Å². The van der Waals surface area contributed by atoms with Gasteiger partial charge in [-0.1, -0.05) is 47.2 Å². The van der Waals surface area contributed by atoms with Crippen molar-refractivity contribution in [3.05, 3.63) is 118 Å². The number of nitro benzene ring substituents is 1. The number of nitrogens with zero attached hydrogens (tertiary/aromatic N) is 4. The first kappa shape index (κ1) is 27.3. The summed E-state index contributed by atoms with van der Waals surface area (Å²) in [6.07, 6.45) is 1.59. The molecule has 1 atom stereocenters. The van der Waals surface area contributed by atoms with Crippen molar-refractivity contribution in [1.29, 1.82) is 0 Å². The number of thiazole rings is 1. The Labute approximate surface area is 238 Å². The average molecular weight is 577 g/mol. The molecule has 4 aromatic rings. The number of para-hydroxylation sites is 1. The lowest BCUT2D eigenvalue weighted by Crippen LogP contribution is -2.43. The quantitative estimate of drug-likeness (QED) is 0.229. The van der Waals surface area contributed by atoms with Crippen LogP contribution in [0.2, 0.25) is 5.02 Å². The number of halogens is 1. The molecule has 5 rings (SSSR count). The van der Waals surface area contributed by atoms with Crippen LogP contribution in [0.4, 0.5) is 5.69 Å². The molecule has 0 bridgehead atoms. The molecule has 0 fully saturated rings. The van der Waals surface area contributed by atoms with Gasteiger partial charge in [0.1, 0.15) is 11.5 Å². The van der Waals surface area contributed by atoms with E-state index in [1.807, 2.05) is 26.0 Å². The molecule has 3 heterocycles. The van der Waals surface area contributed by atoms with Gasteiger partial charge in [0.25, 0.3) is 17.2 Å². The van der Waals surface area contributed by atoms with Gasteiger partial charge in [-0.2, -0.15) is 0 Å². The number of rotatable bonds is 7. The summed E-state index contributed by atoms with van der Waals surface area (Å²) in [5.74, 6) is 0.491. The van der Waals surface area contributed by atoms with Crippen molar-refractivity contribution >= 4 is 40.6 Å². The van der Waals surface area contributed by atoms with E-state index in [0.717, 1.165) is 5.56 Å². The minimum Gasteiger partial charge on any atom is -0.456 e. The van der Waals surface area contributed by atoms with Crippen LogP contribution < -0.4 is 14.9 Å². The summed E-state index contributed by atoms with van der Waals surface area (Å²) in [6.45, 7) is 6.63. The summed E-state index contributed by atoms with van der Waals surface area (Å²) < 4.78 is 7.79. The number of amides is 1. The third-order valence-corrected chi connectivity index (χ3v) is 7.99. The van der Waals surface area contributed by atoms with E-state index in [2.05, 4.69) is 4.99 Å². The molecule has 0 saturated heterocycles. The molecule has 0 spiro atoms. The smallest absolute Gasteiger partial charge is 0.280 e. The maximum atomic E-state index is 13.9. The lowest BCUT2D eigenvalue weighted by Gasteiger charge is -2.29. The van der Waals surface area contributed by atoms with Gasteiger partial charge in [0.15, 0.2) is 4.80 Å². The number of aromatic nitrogens is 1. The van der Waals surface area contributed by atoms with Gasteiger partial charge in [0.05, 0.1) is 32.3 Å². The summed E-state index contributed by atoms with van der Waals surface area (Å²) in [5, 5.41) is 12.0. The SMILES string of the molecule is CCN(CC)C(=O)C1=C(C)N=c2s/c(=C/c3ccc(-c4ccccc4[N+](=O)[O-])o3)c(=O)n2[C@@H]1c1ccc(Cl)cc1. The molecule has 0 saturated carbocycles. The maximum absolute atomic E-state index is 13.9. The van der Waals surface area contributed by atoms with E-state index < -0.39 is 11.0 Å². The highest BCUT2D eigenvalue weighted by molar-refractivity contribution is 7.07. The summed E-state index contributed by atoms with van der Waals surface area (Å²) in [6, 6.07) is 16.0. The Morgan fingerprint density at radius 2 is 1.85 bits per heavy atom. The molecule has 1 aliphatic rings. The fourth-order valence-corrected chi connectivity index (χ4v) is 5.93. The largest absolute Gasteiger partial charge is 0.456 e. The Morgan fingerprint density at radius 3 is 2.52 bits per heavy atom. The highest BCUT2D eigenvalue weighted by atomic mass is 35.5. The van der Waals surface area contributed by atoms with Gasteiger partial charge < -0.3 is 9.32 Å². The molecule has 0 N–H and O–H groups in total. The van der Waals surface area contributed by atoms with Gasteiger partial charge in [-0.15, -0.1) is 0 Å². The number of likely N-dealkylation sites (N-methyl/N-ethyl adjacent to an activating group) is 1. The normalized spacial score (nSPS) is 15.1. The van der Waals surface area contributed by atoms with Crippen LogP contribution in [0.1, 0.15) is 38.1 Å². The van der Waals surface area contributed by atoms with Gasteiger partial charge in [-0.3, -0.25) is 24.3 Å². The van der Waals surface area contributed by atoms with Gasteiger partial charge >= 0.3 is 0 Å². The highest BCUT2D eigenvalue weighted by Gasteiger charge is 2.34. The maximum Gasteiger partial charge on any atom is 0.280 e. The van der Waals surface area contributed by atoms with Crippen molar-refractivity contribution in [2.45, 2.75) is 26.8 Å². The number of nitro groups is 1. The Balaban J connectivity index is 1.65. The molecule has 11 heteroatoms. The zero-order valence-electron chi connectivity index (χ0n) is 22.0. The highest BCUT2D eigenvalue weighted by Crippen LogP contribution is 2.33. The van der Waals surface area contributed by atoms with Crippen molar-refractivity contribution < 1.29 is 14.1 Å². The van der Waals surface area contributed by atoms with Crippen molar-refractivity contribution in [2.75, 3.05) is 13.1 Å². The predicted octanol–water partition coefficient (Wildman–Crippen LogP) is 4.93. The van der Waals surface area contributed by atoms with Crippen LogP contribution in [0.3, 0.4) is 0 Å². The van der Waals surface area contributed by atoms with E-state index in [1.165, 1.54) is 22.0 Å². The Kier molecular flexibility index (Phi) is 7.55. The van der Waals surface area contributed by atoms with Crippen LogP contribution in [0.25, 0.3) is 17.4 Å². The lowest BCUT2D eigenvalue weighted by atomic mass is 9.94. The fourth-order valence-electron chi connectivity index (χ4n) is 4.78. The molecule has 1 amide bonds. The first-order valence-corrected chi connectivity index (χ1v) is 13.8. The Morgan fingerprint density at radius 1 is 1.15 bits per heavy atom. The van der Waals surface area contributed by atoms with Crippen LogP contribution in [0.5, 0.6) is 0 Å². The molecule has 204 valence electrons. The predicted molar refractivity (Wildman–Crippen MR) is 154 cm³/mol. The van der Waals surface area contributed by atoms with Crippen molar-refractivity contribution in [3.8, 4) is 11.3 Å². The fraction of sp³-hybridized carbons (Fsp3) is 0.207. The van der Waals surface area contributed by atoms with Gasteiger partial charge in [-0.25, -0.2) is 4.99 Å². The van der Waals surface area contributed by atoms with Crippen molar-refractivity contribution in [2.24, 2.45) is 4.99 Å². The Hall–Kier alpha value is -4.28. The van der Waals surface area contributed by atoms with Crippen LogP contribution in [-0.4, -0.2) is 33.4 Å². The molecule has 40 heavy (non-hydrogen) atoms. The molecule has 0 aliphatic carbocycles. The van der Waals surface area contributed by atoms with Crippen molar-refractivity contribution in [3.63, 3.8) is 0 Å².